The van der Waals surface area contributed by atoms with Gasteiger partial charge in [0, 0.05) is 26.5 Å². The van der Waals surface area contributed by atoms with Gasteiger partial charge >= 0.3 is 0 Å². The molecule has 0 unspecified atom stereocenters. The van der Waals surface area contributed by atoms with Crippen LogP contribution in [0.1, 0.15) is 26.3 Å². The van der Waals surface area contributed by atoms with Crippen molar-refractivity contribution >= 4 is 70.5 Å². The van der Waals surface area contributed by atoms with E-state index in [4.69, 9.17) is 4.42 Å². The molecular weight excluding hydrogens is 543 g/mol. The van der Waals surface area contributed by atoms with Crippen LogP contribution in [-0.2, 0) is 5.41 Å². The lowest BCUT2D eigenvalue weighted by Crippen LogP contribution is -2.10. The first-order chi connectivity index (χ1) is 21.0. The van der Waals surface area contributed by atoms with Gasteiger partial charge in [0.25, 0.3) is 0 Å². The summed E-state index contributed by atoms with van der Waals surface area (Å²) in [4.78, 5) is 2.42. The molecule has 0 aliphatic heterocycles. The van der Waals surface area contributed by atoms with Gasteiger partial charge in [0.05, 0.1) is 21.5 Å². The lowest BCUT2D eigenvalue weighted by atomic mass is 9.86. The molecule has 2 nitrogen and oxygen atoms in total. The minimum Gasteiger partial charge on any atom is -0.456 e. The van der Waals surface area contributed by atoms with E-state index in [9.17, 15) is 0 Å². The molecule has 208 valence electrons. The van der Waals surface area contributed by atoms with Crippen molar-refractivity contribution in [1.82, 2.24) is 0 Å². The Morgan fingerprint density at radius 3 is 1.91 bits per heavy atom. The van der Waals surface area contributed by atoms with Crippen LogP contribution >= 0.6 is 11.3 Å². The number of para-hydroxylation sites is 1. The largest absolute Gasteiger partial charge is 0.456 e. The van der Waals surface area contributed by atoms with Crippen molar-refractivity contribution in [2.75, 3.05) is 4.90 Å². The molecule has 0 fully saturated rings. The van der Waals surface area contributed by atoms with E-state index >= 15 is 0 Å². The van der Waals surface area contributed by atoms with Gasteiger partial charge in [-0.2, -0.15) is 0 Å². The predicted molar refractivity (Wildman–Crippen MR) is 185 cm³/mol. The second kappa shape index (κ2) is 9.86. The Hall–Kier alpha value is -4.86. The van der Waals surface area contributed by atoms with Crippen molar-refractivity contribution in [1.29, 1.82) is 0 Å². The van der Waals surface area contributed by atoms with Gasteiger partial charge in [-0.3, -0.25) is 0 Å². The monoisotopic (exact) mass is 573 g/mol. The van der Waals surface area contributed by atoms with E-state index in [0.717, 1.165) is 33.3 Å². The number of fused-ring (bicyclic) bond motifs is 6. The summed E-state index contributed by atoms with van der Waals surface area (Å²) in [6, 6.07) is 47.8. The molecule has 0 spiro atoms. The van der Waals surface area contributed by atoms with E-state index in [2.05, 4.69) is 153 Å². The van der Waals surface area contributed by atoms with Crippen LogP contribution in [0.2, 0.25) is 0 Å². The van der Waals surface area contributed by atoms with Crippen molar-refractivity contribution in [3.05, 3.63) is 139 Å². The molecule has 0 aliphatic carbocycles. The Kier molecular flexibility index (Phi) is 5.92. The fourth-order valence-electron chi connectivity index (χ4n) is 6.36. The van der Waals surface area contributed by atoms with Crippen LogP contribution < -0.4 is 4.90 Å². The molecule has 8 aromatic rings. The predicted octanol–water partition coefficient (Wildman–Crippen LogP) is 12.4. The standard InChI is InChI=1S/C40H31NOS/c1-40(2,3)32-17-9-15-29-30-16-10-19-34(39(30)43-38(29)32)41(28-24-22-27(23-25-28)26-12-5-4-6-13-26)33-18-11-21-36-37(33)31-14-7-8-20-35(31)42-36/h4-25H,1-3H3. The molecule has 0 N–H and O–H groups in total. The summed E-state index contributed by atoms with van der Waals surface area (Å²) in [6.07, 6.45) is 0. The highest BCUT2D eigenvalue weighted by Crippen LogP contribution is 2.49. The number of anilines is 3. The third kappa shape index (κ3) is 4.23. The van der Waals surface area contributed by atoms with E-state index in [1.807, 2.05) is 17.4 Å². The summed E-state index contributed by atoms with van der Waals surface area (Å²) in [6.45, 7) is 6.91. The Balaban J connectivity index is 1.42. The Bertz CT molecular complexity index is 2270. The van der Waals surface area contributed by atoms with Gasteiger partial charge in [-0.1, -0.05) is 118 Å². The third-order valence-corrected chi connectivity index (χ3v) is 9.68. The van der Waals surface area contributed by atoms with Crippen LogP contribution in [0.15, 0.2) is 138 Å². The first-order valence-corrected chi connectivity index (χ1v) is 15.6. The number of hydrogen-bond acceptors (Lipinski definition) is 3. The van der Waals surface area contributed by atoms with Crippen molar-refractivity contribution in [3.63, 3.8) is 0 Å². The number of nitrogens with zero attached hydrogens (tertiary/aromatic N) is 1. The normalized spacial score (nSPS) is 12.1. The minimum atomic E-state index is 0.0504. The van der Waals surface area contributed by atoms with Crippen LogP contribution in [-0.4, -0.2) is 0 Å². The maximum absolute atomic E-state index is 6.36. The number of benzene rings is 6. The first-order valence-electron chi connectivity index (χ1n) is 14.8. The van der Waals surface area contributed by atoms with Crippen LogP contribution in [0.5, 0.6) is 0 Å². The van der Waals surface area contributed by atoms with E-state index in [1.165, 1.54) is 42.6 Å². The fraction of sp³-hybridized carbons (Fsp3) is 0.100. The van der Waals surface area contributed by atoms with Gasteiger partial charge in [-0.25, -0.2) is 0 Å². The Morgan fingerprint density at radius 1 is 0.512 bits per heavy atom. The maximum atomic E-state index is 6.36. The summed E-state index contributed by atoms with van der Waals surface area (Å²) >= 11 is 1.91. The zero-order chi connectivity index (χ0) is 29.1. The zero-order valence-corrected chi connectivity index (χ0v) is 25.3. The lowest BCUT2D eigenvalue weighted by molar-refractivity contribution is 0.597. The van der Waals surface area contributed by atoms with Crippen molar-refractivity contribution in [2.45, 2.75) is 26.2 Å². The molecule has 0 saturated heterocycles. The molecule has 0 amide bonds. The fourth-order valence-corrected chi connectivity index (χ4v) is 7.88. The molecule has 0 atom stereocenters. The number of thiophene rings is 1. The van der Waals surface area contributed by atoms with Crippen molar-refractivity contribution < 1.29 is 4.42 Å². The smallest absolute Gasteiger partial charge is 0.137 e. The van der Waals surface area contributed by atoms with Gasteiger partial charge < -0.3 is 9.32 Å². The molecule has 3 heteroatoms. The topological polar surface area (TPSA) is 16.4 Å². The Morgan fingerprint density at radius 2 is 1.12 bits per heavy atom. The molecule has 0 radical (unpaired) electrons. The molecular formula is C40H31NOS. The zero-order valence-electron chi connectivity index (χ0n) is 24.5. The lowest BCUT2D eigenvalue weighted by Gasteiger charge is -2.27. The average molecular weight is 574 g/mol. The summed E-state index contributed by atoms with van der Waals surface area (Å²) < 4.78 is 9.00. The molecule has 8 rings (SSSR count). The van der Waals surface area contributed by atoms with Crippen LogP contribution in [0.3, 0.4) is 0 Å². The maximum Gasteiger partial charge on any atom is 0.137 e. The summed E-state index contributed by atoms with van der Waals surface area (Å²) in [5.74, 6) is 0. The number of rotatable bonds is 4. The van der Waals surface area contributed by atoms with Gasteiger partial charge in [-0.05, 0) is 58.5 Å². The molecule has 0 bridgehead atoms. The van der Waals surface area contributed by atoms with Crippen molar-refractivity contribution in [3.8, 4) is 11.1 Å². The molecule has 43 heavy (non-hydrogen) atoms. The van der Waals surface area contributed by atoms with Gasteiger partial charge in [0.15, 0.2) is 0 Å². The van der Waals surface area contributed by atoms with Crippen LogP contribution in [0.4, 0.5) is 17.1 Å². The highest BCUT2D eigenvalue weighted by Gasteiger charge is 2.24. The van der Waals surface area contributed by atoms with E-state index in [0.29, 0.717) is 0 Å². The third-order valence-electron chi connectivity index (χ3n) is 8.41. The molecule has 0 saturated carbocycles. The highest BCUT2D eigenvalue weighted by molar-refractivity contribution is 7.26. The van der Waals surface area contributed by atoms with Crippen LogP contribution in [0.25, 0.3) is 53.2 Å². The van der Waals surface area contributed by atoms with E-state index in [-0.39, 0.29) is 5.41 Å². The molecule has 6 aromatic carbocycles. The molecule has 0 aliphatic rings. The van der Waals surface area contributed by atoms with E-state index < -0.39 is 0 Å². The van der Waals surface area contributed by atoms with Gasteiger partial charge in [-0.15, -0.1) is 11.3 Å². The van der Waals surface area contributed by atoms with Gasteiger partial charge in [0.2, 0.25) is 0 Å². The van der Waals surface area contributed by atoms with Crippen LogP contribution in [0, 0.1) is 0 Å². The Labute approximate surface area is 255 Å². The van der Waals surface area contributed by atoms with E-state index in [1.54, 1.807) is 0 Å². The molecule has 2 heterocycles. The second-order valence-electron chi connectivity index (χ2n) is 12.2. The van der Waals surface area contributed by atoms with Crippen molar-refractivity contribution in [2.24, 2.45) is 0 Å². The van der Waals surface area contributed by atoms with Gasteiger partial charge in [0.1, 0.15) is 11.2 Å². The minimum absolute atomic E-state index is 0.0504. The summed E-state index contributed by atoms with van der Waals surface area (Å²) in [5.41, 5.74) is 9.03. The summed E-state index contributed by atoms with van der Waals surface area (Å²) in [5, 5.41) is 4.86. The SMILES string of the molecule is CC(C)(C)c1cccc2c1sc1c(N(c3ccc(-c4ccccc4)cc3)c3cccc4oc5ccccc5c34)cccc12. The molecule has 2 aromatic heterocycles. The quantitative estimate of drug-likeness (QED) is 0.208. The highest BCUT2D eigenvalue weighted by atomic mass is 32.1. The second-order valence-corrected chi connectivity index (χ2v) is 13.2. The number of hydrogen-bond donors (Lipinski definition) is 0. The summed E-state index contributed by atoms with van der Waals surface area (Å²) in [7, 11) is 0. The number of furan rings is 1. The average Bonchev–Trinajstić information content (AvgIpc) is 3.61. The first kappa shape index (κ1) is 25.8.